The lowest BCUT2D eigenvalue weighted by molar-refractivity contribution is -0.130. The molecule has 0 aliphatic carbocycles. The maximum Gasteiger partial charge on any atom is 0.233 e. The van der Waals surface area contributed by atoms with Crippen LogP contribution in [-0.4, -0.2) is 47.4 Å². The maximum absolute atomic E-state index is 12.7. The molecular formula is C16H26ClN3O4S. The van der Waals surface area contributed by atoms with E-state index in [-0.39, 0.29) is 24.9 Å². The van der Waals surface area contributed by atoms with Crippen LogP contribution in [0.5, 0.6) is 0 Å². The van der Waals surface area contributed by atoms with Gasteiger partial charge in [-0.25, -0.2) is 13.1 Å². The van der Waals surface area contributed by atoms with Crippen molar-refractivity contribution in [2.45, 2.75) is 19.4 Å². The first-order valence-electron chi connectivity index (χ1n) is 7.89. The summed E-state index contributed by atoms with van der Waals surface area (Å²) in [7, 11) is -1.61. The minimum atomic E-state index is -3.22. The van der Waals surface area contributed by atoms with E-state index in [1.54, 1.807) is 31.4 Å². The van der Waals surface area contributed by atoms with E-state index in [1.165, 1.54) is 0 Å². The van der Waals surface area contributed by atoms with Crippen LogP contribution in [-0.2, 0) is 26.1 Å². The Morgan fingerprint density at radius 2 is 1.84 bits per heavy atom. The molecule has 0 saturated carbocycles. The average Bonchev–Trinajstić information content (AvgIpc) is 2.54. The highest BCUT2D eigenvalue weighted by atomic mass is 35.5. The van der Waals surface area contributed by atoms with Crippen molar-refractivity contribution in [3.63, 3.8) is 0 Å². The Morgan fingerprint density at radius 3 is 2.36 bits per heavy atom. The zero-order valence-electron chi connectivity index (χ0n) is 14.5. The molecule has 7 nitrogen and oxygen atoms in total. The second-order valence-electron chi connectivity index (χ2n) is 6.21. The second-order valence-corrected chi connectivity index (χ2v) is 8.04. The Bertz CT molecular complexity index is 653. The first-order valence-corrected chi connectivity index (χ1v) is 9.78. The lowest BCUT2D eigenvalue weighted by Crippen LogP contribution is -2.47. The summed E-state index contributed by atoms with van der Waals surface area (Å²) in [6, 6.07) is 7.13. The van der Waals surface area contributed by atoms with E-state index >= 15 is 0 Å². The van der Waals surface area contributed by atoms with Crippen molar-refractivity contribution >= 4 is 34.0 Å². The van der Waals surface area contributed by atoms with Crippen LogP contribution in [0.3, 0.4) is 0 Å². The van der Waals surface area contributed by atoms with Crippen molar-refractivity contribution in [3.05, 3.63) is 29.8 Å². The van der Waals surface area contributed by atoms with Gasteiger partial charge in [0.05, 0.1) is 18.3 Å². The smallest absolute Gasteiger partial charge is 0.233 e. The molecule has 1 aromatic rings. The third-order valence-corrected chi connectivity index (χ3v) is 4.88. The normalized spacial score (nSPS) is 16.7. The van der Waals surface area contributed by atoms with Gasteiger partial charge in [0.15, 0.2) is 0 Å². The standard InChI is InChI=1S/C16H25N3O4S.ClH/c1-23-12-16(7-9-17-10-8-16)15(20)19-14-5-3-13(4-6-14)11-18-24(2,21)22;/h3-6,17-18H,7-12H2,1-2H3,(H,19,20);1H. The predicted octanol–water partition coefficient (Wildman–Crippen LogP) is 1.11. The molecule has 142 valence electrons. The number of rotatable bonds is 7. The molecule has 1 saturated heterocycles. The molecule has 9 heteroatoms. The van der Waals surface area contributed by atoms with Gasteiger partial charge >= 0.3 is 0 Å². The summed E-state index contributed by atoms with van der Waals surface area (Å²) in [5.41, 5.74) is 1.01. The van der Waals surface area contributed by atoms with Crippen LogP contribution in [0.2, 0.25) is 0 Å². The van der Waals surface area contributed by atoms with Gasteiger partial charge in [0, 0.05) is 19.3 Å². The van der Waals surface area contributed by atoms with E-state index in [4.69, 9.17) is 4.74 Å². The number of benzene rings is 1. The van der Waals surface area contributed by atoms with Gasteiger partial charge in [0.1, 0.15) is 0 Å². The van der Waals surface area contributed by atoms with E-state index in [0.717, 1.165) is 37.8 Å². The van der Waals surface area contributed by atoms with E-state index in [2.05, 4.69) is 15.4 Å². The molecule has 3 N–H and O–H groups in total. The van der Waals surface area contributed by atoms with E-state index in [0.29, 0.717) is 12.3 Å². The molecule has 0 atom stereocenters. The third-order valence-electron chi connectivity index (χ3n) is 4.21. The van der Waals surface area contributed by atoms with Crippen molar-refractivity contribution in [2.24, 2.45) is 5.41 Å². The molecule has 0 bridgehead atoms. The van der Waals surface area contributed by atoms with Crippen LogP contribution >= 0.6 is 12.4 Å². The monoisotopic (exact) mass is 391 g/mol. The molecule has 1 amide bonds. The summed E-state index contributed by atoms with van der Waals surface area (Å²) in [6.45, 7) is 2.23. The van der Waals surface area contributed by atoms with Gasteiger partial charge in [-0.3, -0.25) is 4.79 Å². The fourth-order valence-corrected chi connectivity index (χ4v) is 3.23. The molecule has 1 heterocycles. The van der Waals surface area contributed by atoms with Crippen LogP contribution in [0.4, 0.5) is 5.69 Å². The topological polar surface area (TPSA) is 96.5 Å². The summed E-state index contributed by atoms with van der Waals surface area (Å²) in [4.78, 5) is 12.7. The van der Waals surface area contributed by atoms with Gasteiger partial charge in [-0.2, -0.15) is 0 Å². The maximum atomic E-state index is 12.7. The molecule has 1 aliphatic rings. The van der Waals surface area contributed by atoms with Crippen molar-refractivity contribution in [2.75, 3.05) is 38.4 Å². The number of piperidine rings is 1. The molecule has 1 aliphatic heterocycles. The van der Waals surface area contributed by atoms with Crippen LogP contribution < -0.4 is 15.4 Å². The molecule has 0 radical (unpaired) electrons. The molecular weight excluding hydrogens is 366 g/mol. The lowest BCUT2D eigenvalue weighted by atomic mass is 9.78. The van der Waals surface area contributed by atoms with Crippen LogP contribution in [0.15, 0.2) is 24.3 Å². The Kier molecular flexibility index (Phi) is 8.30. The number of ether oxygens (including phenoxy) is 1. The van der Waals surface area contributed by atoms with E-state index in [9.17, 15) is 13.2 Å². The van der Waals surface area contributed by atoms with Gasteiger partial charge < -0.3 is 15.4 Å². The Morgan fingerprint density at radius 1 is 1.24 bits per heavy atom. The van der Waals surface area contributed by atoms with Crippen LogP contribution in [0.1, 0.15) is 18.4 Å². The highest BCUT2D eigenvalue weighted by Crippen LogP contribution is 2.30. The molecule has 0 spiro atoms. The van der Waals surface area contributed by atoms with E-state index in [1.807, 2.05) is 0 Å². The fourth-order valence-electron chi connectivity index (χ4n) is 2.80. The number of carbonyl (C=O) groups is 1. The quantitative estimate of drug-likeness (QED) is 0.647. The Hall–Kier alpha value is -1.19. The molecule has 1 aromatic carbocycles. The fraction of sp³-hybridized carbons (Fsp3) is 0.562. The molecule has 25 heavy (non-hydrogen) atoms. The number of hydrogen-bond acceptors (Lipinski definition) is 5. The first kappa shape index (κ1) is 21.9. The number of nitrogens with one attached hydrogen (secondary N) is 3. The summed E-state index contributed by atoms with van der Waals surface area (Å²) in [5, 5.41) is 6.21. The molecule has 0 aromatic heterocycles. The number of anilines is 1. The summed E-state index contributed by atoms with van der Waals surface area (Å²) in [5.74, 6) is -0.0344. The number of methoxy groups -OCH3 is 1. The van der Waals surface area contributed by atoms with Crippen LogP contribution in [0, 0.1) is 5.41 Å². The predicted molar refractivity (Wildman–Crippen MR) is 100 cm³/mol. The number of sulfonamides is 1. The van der Waals surface area contributed by atoms with Crippen molar-refractivity contribution in [3.8, 4) is 0 Å². The summed E-state index contributed by atoms with van der Waals surface area (Å²) >= 11 is 0. The second kappa shape index (κ2) is 9.49. The van der Waals surface area contributed by atoms with Crippen LogP contribution in [0.25, 0.3) is 0 Å². The Labute approximate surface area is 155 Å². The highest BCUT2D eigenvalue weighted by Gasteiger charge is 2.39. The van der Waals surface area contributed by atoms with E-state index < -0.39 is 15.4 Å². The summed E-state index contributed by atoms with van der Waals surface area (Å²) in [6.07, 6.45) is 2.60. The largest absolute Gasteiger partial charge is 0.384 e. The minimum absolute atomic E-state index is 0. The minimum Gasteiger partial charge on any atom is -0.384 e. The van der Waals surface area contributed by atoms with Gasteiger partial charge in [-0.15, -0.1) is 12.4 Å². The molecule has 0 unspecified atom stereocenters. The van der Waals surface area contributed by atoms with Crippen molar-refractivity contribution in [1.82, 2.24) is 10.0 Å². The number of hydrogen-bond donors (Lipinski definition) is 3. The molecule has 1 fully saturated rings. The molecule has 2 rings (SSSR count). The number of amides is 1. The lowest BCUT2D eigenvalue weighted by Gasteiger charge is -2.35. The van der Waals surface area contributed by atoms with Crippen molar-refractivity contribution < 1.29 is 17.9 Å². The van der Waals surface area contributed by atoms with Gasteiger partial charge in [-0.1, -0.05) is 12.1 Å². The first-order chi connectivity index (χ1) is 11.3. The number of halogens is 1. The average molecular weight is 392 g/mol. The van der Waals surface area contributed by atoms with Gasteiger partial charge in [-0.05, 0) is 43.6 Å². The number of carbonyl (C=O) groups excluding carboxylic acids is 1. The zero-order valence-corrected chi connectivity index (χ0v) is 16.1. The highest BCUT2D eigenvalue weighted by molar-refractivity contribution is 7.88. The van der Waals surface area contributed by atoms with Gasteiger partial charge in [0.2, 0.25) is 15.9 Å². The third kappa shape index (κ3) is 6.56. The zero-order chi connectivity index (χ0) is 17.6. The summed E-state index contributed by atoms with van der Waals surface area (Å²) < 4.78 is 29.9. The van der Waals surface area contributed by atoms with Crippen molar-refractivity contribution in [1.29, 1.82) is 0 Å². The Balaban J connectivity index is 0.00000312. The van der Waals surface area contributed by atoms with Gasteiger partial charge in [0.25, 0.3) is 0 Å². The SMILES string of the molecule is COCC1(C(=O)Nc2ccc(CNS(C)(=O)=O)cc2)CCNCC1.Cl.